The van der Waals surface area contributed by atoms with Crippen LogP contribution in [0.3, 0.4) is 0 Å². The predicted molar refractivity (Wildman–Crippen MR) is 80.6 cm³/mol. The van der Waals surface area contributed by atoms with Crippen LogP contribution in [0.1, 0.15) is 46.5 Å². The Balaban J connectivity index is 4.71. The second-order valence-corrected chi connectivity index (χ2v) is 4.56. The molecule has 0 saturated heterocycles. The second-order valence-electron chi connectivity index (χ2n) is 4.56. The molecule has 0 heterocycles. The number of carboxylic acid groups (broad SMARTS) is 1. The van der Waals surface area contributed by atoms with E-state index in [0.717, 1.165) is 0 Å². The van der Waals surface area contributed by atoms with Gasteiger partial charge in [-0.15, -0.1) is 0 Å². The highest BCUT2D eigenvalue weighted by Crippen LogP contribution is 2.24. The molecule has 0 aliphatic heterocycles. The van der Waals surface area contributed by atoms with Gasteiger partial charge in [0.15, 0.2) is 0 Å². The first-order valence-electron chi connectivity index (χ1n) is 7.81. The molecule has 0 aromatic carbocycles. The normalized spacial score (nSPS) is 12.9. The van der Waals surface area contributed by atoms with Gasteiger partial charge in [-0.25, -0.2) is 0 Å². The van der Waals surface area contributed by atoms with Crippen LogP contribution < -0.4 is 0 Å². The number of carbonyl (C=O) groups excluding carboxylic acids is 1. The zero-order valence-corrected chi connectivity index (χ0v) is 14.3. The van der Waals surface area contributed by atoms with E-state index in [2.05, 4.69) is 0 Å². The zero-order valence-electron chi connectivity index (χ0n) is 14.3. The predicted octanol–water partition coefficient (Wildman–Crippen LogP) is 1.91. The minimum Gasteiger partial charge on any atom is -0.481 e. The van der Waals surface area contributed by atoms with E-state index < -0.39 is 24.2 Å². The molecule has 0 fully saturated rings. The summed E-state index contributed by atoms with van der Waals surface area (Å²) >= 11 is 0. The van der Waals surface area contributed by atoms with Gasteiger partial charge >= 0.3 is 17.9 Å². The van der Waals surface area contributed by atoms with E-state index in [-0.39, 0.29) is 32.7 Å². The summed E-state index contributed by atoms with van der Waals surface area (Å²) in [6, 6.07) is 0. The third-order valence-corrected chi connectivity index (χ3v) is 2.80. The van der Waals surface area contributed by atoms with Gasteiger partial charge in [0.05, 0.1) is 0 Å². The van der Waals surface area contributed by atoms with Crippen molar-refractivity contribution < 1.29 is 38.4 Å². The summed E-state index contributed by atoms with van der Waals surface area (Å²) in [5.74, 6) is -3.05. The summed E-state index contributed by atoms with van der Waals surface area (Å²) in [4.78, 5) is 22.3. The SMILES string of the molecule is CCOC(OCC)(OCC)C(OC)OC(=O)CCCCC(=O)O. The highest BCUT2D eigenvalue weighted by atomic mass is 16.9. The number of ether oxygens (including phenoxy) is 5. The van der Waals surface area contributed by atoms with E-state index in [0.29, 0.717) is 12.8 Å². The molecule has 23 heavy (non-hydrogen) atoms. The van der Waals surface area contributed by atoms with Gasteiger partial charge in [0.2, 0.25) is 0 Å². The fourth-order valence-electron chi connectivity index (χ4n) is 1.92. The quantitative estimate of drug-likeness (QED) is 0.292. The Labute approximate surface area is 137 Å². The maximum Gasteiger partial charge on any atom is 0.349 e. The number of hydrogen-bond donors (Lipinski definition) is 1. The molecule has 0 aromatic rings. The Kier molecular flexibility index (Phi) is 11.6. The van der Waals surface area contributed by atoms with E-state index >= 15 is 0 Å². The maximum absolute atomic E-state index is 11.9. The van der Waals surface area contributed by atoms with Crippen molar-refractivity contribution in [1.82, 2.24) is 0 Å². The molecule has 8 heteroatoms. The number of rotatable bonds is 14. The molecule has 136 valence electrons. The molecule has 1 atom stereocenters. The number of hydrogen-bond acceptors (Lipinski definition) is 7. The summed E-state index contributed by atoms with van der Waals surface area (Å²) in [5, 5.41) is 8.56. The van der Waals surface area contributed by atoms with Crippen LogP contribution in [0.15, 0.2) is 0 Å². The van der Waals surface area contributed by atoms with Gasteiger partial charge in [-0.1, -0.05) is 0 Å². The summed E-state index contributed by atoms with van der Waals surface area (Å²) in [6.45, 7) is 6.09. The van der Waals surface area contributed by atoms with Crippen LogP contribution in [0.25, 0.3) is 0 Å². The van der Waals surface area contributed by atoms with Crippen LogP contribution in [0, 0.1) is 0 Å². The monoisotopic (exact) mass is 336 g/mol. The van der Waals surface area contributed by atoms with Crippen LogP contribution in [0.4, 0.5) is 0 Å². The van der Waals surface area contributed by atoms with Crippen molar-refractivity contribution in [2.24, 2.45) is 0 Å². The Morgan fingerprint density at radius 3 is 1.83 bits per heavy atom. The van der Waals surface area contributed by atoms with E-state index in [1.165, 1.54) is 7.11 Å². The Hall–Kier alpha value is -1.22. The third kappa shape index (κ3) is 8.26. The molecule has 0 bridgehead atoms. The molecule has 0 saturated carbocycles. The van der Waals surface area contributed by atoms with Crippen molar-refractivity contribution in [3.05, 3.63) is 0 Å². The lowest BCUT2D eigenvalue weighted by Gasteiger charge is -2.36. The molecule has 0 amide bonds. The summed E-state index contributed by atoms with van der Waals surface area (Å²) in [7, 11) is 1.36. The molecular weight excluding hydrogens is 308 g/mol. The van der Waals surface area contributed by atoms with Crippen molar-refractivity contribution in [2.75, 3.05) is 26.9 Å². The minimum absolute atomic E-state index is 0.0156. The topological polar surface area (TPSA) is 101 Å². The molecule has 1 N–H and O–H groups in total. The van der Waals surface area contributed by atoms with Crippen LogP contribution in [0.5, 0.6) is 0 Å². The number of carboxylic acids is 1. The maximum atomic E-state index is 11.9. The van der Waals surface area contributed by atoms with Gasteiger partial charge in [-0.05, 0) is 33.6 Å². The summed E-state index contributed by atoms with van der Waals surface area (Å²) < 4.78 is 26.9. The molecular formula is C15H28O8. The molecule has 0 aliphatic carbocycles. The Bertz CT molecular complexity index is 327. The Morgan fingerprint density at radius 2 is 1.43 bits per heavy atom. The Morgan fingerprint density at radius 1 is 0.957 bits per heavy atom. The number of methoxy groups -OCH3 is 1. The first-order valence-corrected chi connectivity index (χ1v) is 7.81. The highest BCUT2D eigenvalue weighted by Gasteiger charge is 2.46. The molecule has 0 rings (SSSR count). The van der Waals surface area contributed by atoms with Gasteiger partial charge in [0.1, 0.15) is 0 Å². The first-order chi connectivity index (χ1) is 11.0. The molecule has 8 nitrogen and oxygen atoms in total. The van der Waals surface area contributed by atoms with Gasteiger partial charge in [0.25, 0.3) is 6.29 Å². The van der Waals surface area contributed by atoms with Gasteiger partial charge in [0, 0.05) is 39.8 Å². The average molecular weight is 336 g/mol. The molecule has 1 unspecified atom stereocenters. The zero-order chi connectivity index (χ0) is 17.7. The van der Waals surface area contributed by atoms with Gasteiger partial charge < -0.3 is 28.8 Å². The fourth-order valence-corrected chi connectivity index (χ4v) is 1.92. The van der Waals surface area contributed by atoms with E-state index in [4.69, 9.17) is 28.8 Å². The lowest BCUT2D eigenvalue weighted by molar-refractivity contribution is -0.444. The van der Waals surface area contributed by atoms with Crippen molar-refractivity contribution in [3.8, 4) is 0 Å². The van der Waals surface area contributed by atoms with Crippen LogP contribution in [-0.2, 0) is 33.3 Å². The minimum atomic E-state index is -1.62. The van der Waals surface area contributed by atoms with Crippen molar-refractivity contribution in [3.63, 3.8) is 0 Å². The van der Waals surface area contributed by atoms with Crippen molar-refractivity contribution in [1.29, 1.82) is 0 Å². The van der Waals surface area contributed by atoms with E-state index in [1.807, 2.05) is 0 Å². The largest absolute Gasteiger partial charge is 0.481 e. The summed E-state index contributed by atoms with van der Waals surface area (Å²) in [6.07, 6.45) is -0.286. The highest BCUT2D eigenvalue weighted by molar-refractivity contribution is 5.70. The van der Waals surface area contributed by atoms with Crippen LogP contribution >= 0.6 is 0 Å². The first kappa shape index (κ1) is 21.8. The lowest BCUT2D eigenvalue weighted by Crippen LogP contribution is -2.53. The smallest absolute Gasteiger partial charge is 0.349 e. The fraction of sp³-hybridized carbons (Fsp3) is 0.867. The lowest BCUT2D eigenvalue weighted by atomic mass is 10.2. The number of aliphatic carboxylic acids is 1. The number of esters is 1. The number of carbonyl (C=O) groups is 2. The van der Waals surface area contributed by atoms with Gasteiger partial charge in [-0.2, -0.15) is 0 Å². The molecule has 0 radical (unpaired) electrons. The van der Waals surface area contributed by atoms with Gasteiger partial charge in [-0.3, -0.25) is 9.59 Å². The molecule has 0 aliphatic rings. The number of unbranched alkanes of at least 4 members (excludes halogenated alkanes) is 1. The third-order valence-electron chi connectivity index (χ3n) is 2.80. The molecule has 0 aromatic heterocycles. The summed E-state index contributed by atoms with van der Waals surface area (Å²) in [5.41, 5.74) is 0. The second kappa shape index (κ2) is 12.2. The van der Waals surface area contributed by atoms with Crippen molar-refractivity contribution in [2.45, 2.75) is 58.7 Å². The van der Waals surface area contributed by atoms with E-state index in [1.54, 1.807) is 20.8 Å². The van der Waals surface area contributed by atoms with Crippen molar-refractivity contribution >= 4 is 11.9 Å². The van der Waals surface area contributed by atoms with E-state index in [9.17, 15) is 9.59 Å². The standard InChI is InChI=1S/C15H28O8/c1-5-20-15(21-6-2,22-7-3)14(19-4)23-13(18)11-9-8-10-12(16)17/h14H,5-11H2,1-4H3,(H,16,17). The van der Waals surface area contributed by atoms with Crippen LogP contribution in [-0.4, -0.2) is 56.2 Å². The molecule has 0 spiro atoms. The average Bonchev–Trinajstić information content (AvgIpc) is 2.49. The van der Waals surface area contributed by atoms with Crippen LogP contribution in [0.2, 0.25) is 0 Å².